The molecule has 116 valence electrons. The number of anilines is 1. The number of fused-ring (bicyclic) bond motifs is 1. The van der Waals surface area contributed by atoms with Crippen LogP contribution in [-0.2, 0) is 0 Å². The van der Waals surface area contributed by atoms with E-state index in [-0.39, 0.29) is 5.91 Å². The highest BCUT2D eigenvalue weighted by molar-refractivity contribution is 6.06. The lowest BCUT2D eigenvalue weighted by Crippen LogP contribution is -2.13. The molecule has 0 fully saturated rings. The van der Waals surface area contributed by atoms with Gasteiger partial charge in [0.15, 0.2) is 0 Å². The maximum atomic E-state index is 12.5. The third kappa shape index (κ3) is 3.06. The fourth-order valence-electron chi connectivity index (χ4n) is 2.23. The molecule has 0 unspecified atom stereocenters. The molecule has 0 atom stereocenters. The summed E-state index contributed by atoms with van der Waals surface area (Å²) in [6.45, 7) is 0. The van der Waals surface area contributed by atoms with E-state index in [0.717, 1.165) is 5.52 Å². The maximum Gasteiger partial charge on any atom is 0.259 e. The van der Waals surface area contributed by atoms with Gasteiger partial charge in [0.1, 0.15) is 11.5 Å². The van der Waals surface area contributed by atoms with Crippen molar-refractivity contribution < 1.29 is 14.3 Å². The second-order valence-electron chi connectivity index (χ2n) is 4.78. The van der Waals surface area contributed by atoms with Crippen LogP contribution in [0.2, 0.25) is 0 Å². The van der Waals surface area contributed by atoms with Crippen molar-refractivity contribution >= 4 is 22.6 Å². The highest BCUT2D eigenvalue weighted by Crippen LogP contribution is 2.25. The molecule has 3 aromatic rings. The first-order valence-electron chi connectivity index (χ1n) is 6.95. The number of ether oxygens (including phenoxy) is 2. The molecule has 0 aliphatic rings. The predicted molar refractivity (Wildman–Crippen MR) is 87.0 cm³/mol. The molecule has 6 heteroatoms. The van der Waals surface area contributed by atoms with Crippen molar-refractivity contribution in [2.24, 2.45) is 0 Å². The molecule has 0 bridgehead atoms. The molecular formula is C17H15N3O3. The van der Waals surface area contributed by atoms with Crippen LogP contribution in [0.3, 0.4) is 0 Å². The molecule has 6 nitrogen and oxygen atoms in total. The summed E-state index contributed by atoms with van der Waals surface area (Å²) in [5.74, 6) is 0.801. The third-order valence-corrected chi connectivity index (χ3v) is 3.38. The molecule has 0 radical (unpaired) electrons. The van der Waals surface area contributed by atoms with E-state index in [4.69, 9.17) is 9.47 Å². The third-order valence-electron chi connectivity index (χ3n) is 3.38. The molecule has 0 saturated carbocycles. The minimum absolute atomic E-state index is 0.271. The standard InChI is InChI=1S/C17H15N3O3/c1-22-12-4-5-13(16(10-12)23-2)17(21)20-11-3-6-14-15(9-11)19-8-7-18-14/h3-10H,1-2H3,(H,20,21). The lowest BCUT2D eigenvalue weighted by atomic mass is 10.1. The lowest BCUT2D eigenvalue weighted by Gasteiger charge is -2.11. The van der Waals surface area contributed by atoms with Crippen LogP contribution in [0.15, 0.2) is 48.8 Å². The fourth-order valence-corrected chi connectivity index (χ4v) is 2.23. The van der Waals surface area contributed by atoms with Crippen LogP contribution >= 0.6 is 0 Å². The van der Waals surface area contributed by atoms with Gasteiger partial charge in [0.25, 0.3) is 5.91 Å². The average molecular weight is 309 g/mol. The number of nitrogens with one attached hydrogen (secondary N) is 1. The van der Waals surface area contributed by atoms with Gasteiger partial charge in [-0.25, -0.2) is 0 Å². The number of hydrogen-bond donors (Lipinski definition) is 1. The van der Waals surface area contributed by atoms with Crippen molar-refractivity contribution in [1.29, 1.82) is 0 Å². The van der Waals surface area contributed by atoms with Gasteiger partial charge in [-0.2, -0.15) is 0 Å². The normalized spacial score (nSPS) is 10.3. The zero-order chi connectivity index (χ0) is 16.2. The van der Waals surface area contributed by atoms with Crippen molar-refractivity contribution in [3.63, 3.8) is 0 Å². The van der Waals surface area contributed by atoms with Gasteiger partial charge in [0, 0.05) is 24.1 Å². The maximum absolute atomic E-state index is 12.5. The summed E-state index contributed by atoms with van der Waals surface area (Å²) in [6.07, 6.45) is 3.24. The fraction of sp³-hybridized carbons (Fsp3) is 0.118. The van der Waals surface area contributed by atoms with Gasteiger partial charge < -0.3 is 14.8 Å². The number of carbonyl (C=O) groups is 1. The molecule has 1 amide bonds. The van der Waals surface area contributed by atoms with Crippen LogP contribution in [0.4, 0.5) is 5.69 Å². The molecule has 2 aromatic carbocycles. The Hall–Kier alpha value is -3.15. The van der Waals surface area contributed by atoms with E-state index in [1.54, 1.807) is 49.8 Å². The molecule has 3 rings (SSSR count). The molecule has 1 N–H and O–H groups in total. The van der Waals surface area contributed by atoms with Crippen LogP contribution in [-0.4, -0.2) is 30.1 Å². The number of methoxy groups -OCH3 is 2. The summed E-state index contributed by atoms with van der Waals surface area (Å²) in [6, 6.07) is 10.4. The number of rotatable bonds is 4. The zero-order valence-electron chi connectivity index (χ0n) is 12.7. The van der Waals surface area contributed by atoms with E-state index in [2.05, 4.69) is 15.3 Å². The Balaban J connectivity index is 1.88. The topological polar surface area (TPSA) is 73.3 Å². The smallest absolute Gasteiger partial charge is 0.259 e. The van der Waals surface area contributed by atoms with E-state index in [9.17, 15) is 4.79 Å². The molecule has 23 heavy (non-hydrogen) atoms. The Kier molecular flexibility index (Phi) is 4.05. The van der Waals surface area contributed by atoms with E-state index in [1.807, 2.05) is 6.07 Å². The van der Waals surface area contributed by atoms with Crippen molar-refractivity contribution in [2.75, 3.05) is 19.5 Å². The summed E-state index contributed by atoms with van der Waals surface area (Å²) in [7, 11) is 3.07. The lowest BCUT2D eigenvalue weighted by molar-refractivity contribution is 0.102. The van der Waals surface area contributed by atoms with E-state index in [0.29, 0.717) is 28.3 Å². The summed E-state index contributed by atoms with van der Waals surface area (Å²) < 4.78 is 10.4. The zero-order valence-corrected chi connectivity index (χ0v) is 12.7. The highest BCUT2D eigenvalue weighted by atomic mass is 16.5. The molecule has 0 spiro atoms. The number of aromatic nitrogens is 2. The van der Waals surface area contributed by atoms with Gasteiger partial charge in [-0.15, -0.1) is 0 Å². The van der Waals surface area contributed by atoms with Gasteiger partial charge in [0.2, 0.25) is 0 Å². The summed E-state index contributed by atoms with van der Waals surface area (Å²) in [5, 5.41) is 2.84. The summed E-state index contributed by atoms with van der Waals surface area (Å²) in [5.41, 5.74) is 2.55. The first kappa shape index (κ1) is 14.8. The predicted octanol–water partition coefficient (Wildman–Crippen LogP) is 2.90. The minimum atomic E-state index is -0.271. The number of carbonyl (C=O) groups excluding carboxylic acids is 1. The van der Waals surface area contributed by atoms with Gasteiger partial charge in [0.05, 0.1) is 30.8 Å². The van der Waals surface area contributed by atoms with E-state index in [1.165, 1.54) is 7.11 Å². The number of amides is 1. The molecule has 0 saturated heterocycles. The first-order chi connectivity index (χ1) is 11.2. The van der Waals surface area contributed by atoms with Crippen molar-refractivity contribution in [2.45, 2.75) is 0 Å². The van der Waals surface area contributed by atoms with Crippen LogP contribution in [0.1, 0.15) is 10.4 Å². The van der Waals surface area contributed by atoms with Crippen LogP contribution in [0.25, 0.3) is 11.0 Å². The highest BCUT2D eigenvalue weighted by Gasteiger charge is 2.14. The average Bonchev–Trinajstić information content (AvgIpc) is 2.60. The molecule has 1 heterocycles. The molecule has 0 aliphatic heterocycles. The molecular weight excluding hydrogens is 294 g/mol. The number of benzene rings is 2. The van der Waals surface area contributed by atoms with E-state index < -0.39 is 0 Å². The number of nitrogens with zero attached hydrogens (tertiary/aromatic N) is 2. The minimum Gasteiger partial charge on any atom is -0.497 e. The SMILES string of the molecule is COc1ccc(C(=O)Nc2ccc3nccnc3c2)c(OC)c1. The monoisotopic (exact) mass is 309 g/mol. The second-order valence-corrected chi connectivity index (χ2v) is 4.78. The van der Waals surface area contributed by atoms with E-state index >= 15 is 0 Å². The molecule has 0 aliphatic carbocycles. The number of hydrogen-bond acceptors (Lipinski definition) is 5. The quantitative estimate of drug-likeness (QED) is 0.802. The van der Waals surface area contributed by atoms with Crippen molar-refractivity contribution in [1.82, 2.24) is 9.97 Å². The van der Waals surface area contributed by atoms with Gasteiger partial charge >= 0.3 is 0 Å². The Morgan fingerprint density at radius 1 is 0.957 bits per heavy atom. The first-order valence-corrected chi connectivity index (χ1v) is 6.95. The van der Waals surface area contributed by atoms with Crippen molar-refractivity contribution in [3.05, 3.63) is 54.4 Å². The van der Waals surface area contributed by atoms with Gasteiger partial charge in [-0.3, -0.25) is 14.8 Å². The van der Waals surface area contributed by atoms with Crippen LogP contribution in [0.5, 0.6) is 11.5 Å². The Morgan fingerprint density at radius 2 is 1.74 bits per heavy atom. The van der Waals surface area contributed by atoms with Gasteiger partial charge in [-0.05, 0) is 30.3 Å². The second kappa shape index (κ2) is 6.31. The summed E-state index contributed by atoms with van der Waals surface area (Å²) in [4.78, 5) is 20.9. The van der Waals surface area contributed by atoms with Crippen LogP contribution < -0.4 is 14.8 Å². The summed E-state index contributed by atoms with van der Waals surface area (Å²) >= 11 is 0. The Morgan fingerprint density at radius 3 is 2.48 bits per heavy atom. The van der Waals surface area contributed by atoms with Gasteiger partial charge in [-0.1, -0.05) is 0 Å². The van der Waals surface area contributed by atoms with Crippen molar-refractivity contribution in [3.8, 4) is 11.5 Å². The van der Waals surface area contributed by atoms with Crippen LogP contribution in [0, 0.1) is 0 Å². The Bertz CT molecular complexity index is 865. The molecule has 1 aromatic heterocycles. The Labute approximate surface area is 133 Å². The largest absolute Gasteiger partial charge is 0.497 e.